The fourth-order valence-electron chi connectivity index (χ4n) is 2.27. The van der Waals surface area contributed by atoms with Crippen LogP contribution in [-0.4, -0.2) is 42.0 Å². The molecule has 128 valence electrons. The third-order valence-electron chi connectivity index (χ3n) is 3.55. The van der Waals surface area contributed by atoms with Crippen molar-refractivity contribution in [3.8, 4) is 0 Å². The van der Waals surface area contributed by atoms with Gasteiger partial charge in [-0.2, -0.15) is 12.6 Å². The predicted octanol–water partition coefficient (Wildman–Crippen LogP) is 4.35. The Bertz CT molecular complexity index is 196. The molecule has 0 bridgehead atoms. The first-order chi connectivity index (χ1) is 10.3. The predicted molar refractivity (Wildman–Crippen MR) is 96.8 cm³/mol. The average Bonchev–Trinajstić information content (AvgIpc) is 2.51. The van der Waals surface area contributed by atoms with Gasteiger partial charge in [0.1, 0.15) is 0 Å². The molecule has 0 rings (SSSR count). The average molecular weight is 337 g/mol. The SMILES string of the molecule is CCOCCCO[SiH](CCCCCCCCCCS)OC. The zero-order valence-corrected chi connectivity index (χ0v) is 16.2. The summed E-state index contributed by atoms with van der Waals surface area (Å²) in [6.45, 7) is 4.40. The molecule has 0 amide bonds. The van der Waals surface area contributed by atoms with Gasteiger partial charge >= 0.3 is 9.28 Å². The minimum Gasteiger partial charge on any atom is -0.400 e. The molecule has 5 heteroatoms. The van der Waals surface area contributed by atoms with Crippen molar-refractivity contribution in [1.29, 1.82) is 0 Å². The van der Waals surface area contributed by atoms with E-state index in [0.29, 0.717) is 0 Å². The van der Waals surface area contributed by atoms with Crippen molar-refractivity contribution in [1.82, 2.24) is 0 Å². The van der Waals surface area contributed by atoms with Gasteiger partial charge in [0.15, 0.2) is 0 Å². The summed E-state index contributed by atoms with van der Waals surface area (Å²) in [6.07, 6.45) is 11.7. The molecule has 0 aliphatic rings. The van der Waals surface area contributed by atoms with Crippen molar-refractivity contribution in [2.24, 2.45) is 0 Å². The van der Waals surface area contributed by atoms with Gasteiger partial charge < -0.3 is 13.6 Å². The molecule has 0 aromatic carbocycles. The number of hydrogen-bond donors (Lipinski definition) is 1. The second-order valence-corrected chi connectivity index (χ2v) is 8.12. The molecule has 0 saturated carbocycles. The van der Waals surface area contributed by atoms with Gasteiger partial charge in [0, 0.05) is 26.9 Å². The zero-order chi connectivity index (χ0) is 15.6. The summed E-state index contributed by atoms with van der Waals surface area (Å²) in [5.41, 5.74) is 0. The Balaban J connectivity index is 3.26. The Morgan fingerprint density at radius 2 is 1.43 bits per heavy atom. The van der Waals surface area contributed by atoms with Gasteiger partial charge in [0.25, 0.3) is 0 Å². The highest BCUT2D eigenvalue weighted by molar-refractivity contribution is 7.80. The van der Waals surface area contributed by atoms with Gasteiger partial charge in [-0.05, 0) is 31.6 Å². The number of ether oxygens (including phenoxy) is 1. The molecule has 0 aromatic heterocycles. The van der Waals surface area contributed by atoms with Crippen LogP contribution in [0.4, 0.5) is 0 Å². The standard InChI is InChI=1S/C16H36O3SSi/c1-3-18-13-12-14-19-21(17-2)16-11-9-7-5-4-6-8-10-15-20/h20-21H,3-16H2,1-2H3. The van der Waals surface area contributed by atoms with E-state index in [9.17, 15) is 0 Å². The third kappa shape index (κ3) is 16.6. The normalized spacial score (nSPS) is 12.7. The topological polar surface area (TPSA) is 27.7 Å². The highest BCUT2D eigenvalue weighted by atomic mass is 32.1. The van der Waals surface area contributed by atoms with E-state index >= 15 is 0 Å². The maximum Gasteiger partial charge on any atom is 0.321 e. The van der Waals surface area contributed by atoms with Gasteiger partial charge in [-0.15, -0.1) is 0 Å². The zero-order valence-electron chi connectivity index (χ0n) is 14.1. The highest BCUT2D eigenvalue weighted by Gasteiger charge is 2.10. The molecule has 1 atom stereocenters. The Morgan fingerprint density at radius 3 is 2.00 bits per heavy atom. The Morgan fingerprint density at radius 1 is 0.810 bits per heavy atom. The first kappa shape index (κ1) is 21.4. The number of rotatable bonds is 17. The monoisotopic (exact) mass is 336 g/mol. The van der Waals surface area contributed by atoms with E-state index in [1.165, 1.54) is 51.4 Å². The molecular formula is C16H36O3SSi. The number of unbranched alkanes of at least 4 members (excludes halogenated alkanes) is 7. The van der Waals surface area contributed by atoms with E-state index in [0.717, 1.165) is 38.0 Å². The molecule has 1 unspecified atom stereocenters. The van der Waals surface area contributed by atoms with Gasteiger partial charge in [0.05, 0.1) is 0 Å². The molecule has 0 aliphatic carbocycles. The van der Waals surface area contributed by atoms with Crippen molar-refractivity contribution in [2.45, 2.75) is 70.8 Å². The fraction of sp³-hybridized carbons (Fsp3) is 1.00. The Kier molecular flexibility index (Phi) is 18.9. The van der Waals surface area contributed by atoms with Gasteiger partial charge in [-0.25, -0.2) is 0 Å². The van der Waals surface area contributed by atoms with Crippen LogP contribution in [0.15, 0.2) is 0 Å². The van der Waals surface area contributed by atoms with Crippen molar-refractivity contribution in [3.63, 3.8) is 0 Å². The summed E-state index contributed by atoms with van der Waals surface area (Å²) in [4.78, 5) is 0. The van der Waals surface area contributed by atoms with Crippen molar-refractivity contribution in [3.05, 3.63) is 0 Å². The van der Waals surface area contributed by atoms with Gasteiger partial charge in [0.2, 0.25) is 0 Å². The number of hydrogen-bond acceptors (Lipinski definition) is 4. The van der Waals surface area contributed by atoms with Crippen LogP contribution >= 0.6 is 12.6 Å². The lowest BCUT2D eigenvalue weighted by Gasteiger charge is -2.14. The second-order valence-electron chi connectivity index (χ2n) is 5.43. The second kappa shape index (κ2) is 18.5. The largest absolute Gasteiger partial charge is 0.400 e. The summed E-state index contributed by atoms with van der Waals surface area (Å²) in [7, 11) is 0.390. The van der Waals surface area contributed by atoms with Crippen molar-refractivity contribution < 1.29 is 13.6 Å². The van der Waals surface area contributed by atoms with Crippen LogP contribution in [0.3, 0.4) is 0 Å². The smallest absolute Gasteiger partial charge is 0.321 e. The molecule has 0 aromatic rings. The van der Waals surface area contributed by atoms with Crippen LogP contribution in [0.5, 0.6) is 0 Å². The first-order valence-corrected chi connectivity index (χ1v) is 11.1. The van der Waals surface area contributed by atoms with Crippen molar-refractivity contribution in [2.75, 3.05) is 32.7 Å². The summed E-state index contributed by atoms with van der Waals surface area (Å²) in [5, 5.41) is 0. The molecule has 0 spiro atoms. The lowest BCUT2D eigenvalue weighted by molar-refractivity contribution is 0.124. The Labute approximate surface area is 139 Å². The van der Waals surface area contributed by atoms with E-state index in [4.69, 9.17) is 13.6 Å². The van der Waals surface area contributed by atoms with E-state index < -0.39 is 9.28 Å². The molecule has 21 heavy (non-hydrogen) atoms. The minimum absolute atomic E-state index is 0.788. The fourth-order valence-corrected chi connectivity index (χ4v) is 4.09. The third-order valence-corrected chi connectivity index (χ3v) is 5.88. The summed E-state index contributed by atoms with van der Waals surface area (Å²) in [6, 6.07) is 1.14. The summed E-state index contributed by atoms with van der Waals surface area (Å²) < 4.78 is 16.6. The molecule has 0 saturated heterocycles. The lowest BCUT2D eigenvalue weighted by Crippen LogP contribution is -2.22. The molecule has 0 radical (unpaired) electrons. The quantitative estimate of drug-likeness (QED) is 0.243. The first-order valence-electron chi connectivity index (χ1n) is 8.68. The van der Waals surface area contributed by atoms with Gasteiger partial charge in [-0.1, -0.05) is 44.9 Å². The van der Waals surface area contributed by atoms with Crippen LogP contribution in [0.25, 0.3) is 0 Å². The van der Waals surface area contributed by atoms with E-state index in [-0.39, 0.29) is 0 Å². The molecular weight excluding hydrogens is 300 g/mol. The van der Waals surface area contributed by atoms with Crippen molar-refractivity contribution >= 4 is 21.9 Å². The lowest BCUT2D eigenvalue weighted by atomic mass is 10.1. The van der Waals surface area contributed by atoms with Crippen LogP contribution in [0, 0.1) is 0 Å². The van der Waals surface area contributed by atoms with Crippen LogP contribution in [0.2, 0.25) is 6.04 Å². The van der Waals surface area contributed by atoms with Crippen LogP contribution in [-0.2, 0) is 13.6 Å². The molecule has 0 heterocycles. The number of thiol groups is 1. The molecule has 0 fully saturated rings. The Hall–Kier alpha value is 0.447. The molecule has 0 N–H and O–H groups in total. The maximum atomic E-state index is 5.84. The van der Waals surface area contributed by atoms with Crippen LogP contribution < -0.4 is 0 Å². The van der Waals surface area contributed by atoms with E-state index in [2.05, 4.69) is 12.6 Å². The molecule has 3 nitrogen and oxygen atoms in total. The summed E-state index contributed by atoms with van der Waals surface area (Å²) >= 11 is 4.23. The van der Waals surface area contributed by atoms with Gasteiger partial charge in [-0.3, -0.25) is 0 Å². The van der Waals surface area contributed by atoms with Crippen LogP contribution in [0.1, 0.15) is 64.7 Å². The highest BCUT2D eigenvalue weighted by Crippen LogP contribution is 2.12. The van der Waals surface area contributed by atoms with E-state index in [1.54, 1.807) is 7.11 Å². The maximum absolute atomic E-state index is 5.84. The molecule has 0 aliphatic heterocycles. The minimum atomic E-state index is -1.40. The van der Waals surface area contributed by atoms with E-state index in [1.807, 2.05) is 6.92 Å². The summed E-state index contributed by atoms with van der Waals surface area (Å²) in [5.74, 6) is 1.04.